The lowest BCUT2D eigenvalue weighted by atomic mass is 10.1. The molecule has 0 bridgehead atoms. The Hall–Kier alpha value is -1.02. The molecule has 1 aromatic rings. The first-order valence-electron chi connectivity index (χ1n) is 5.12. The van der Waals surface area contributed by atoms with E-state index >= 15 is 0 Å². The van der Waals surface area contributed by atoms with Gasteiger partial charge in [0.15, 0.2) is 0 Å². The van der Waals surface area contributed by atoms with E-state index in [4.69, 9.17) is 10.5 Å². The first-order chi connectivity index (χ1) is 6.72. The largest absolute Gasteiger partial charge is 0.494 e. The van der Waals surface area contributed by atoms with E-state index in [1.807, 2.05) is 12.1 Å². The number of ether oxygens (including phenoxy) is 1. The van der Waals surface area contributed by atoms with Crippen LogP contribution in [0, 0.1) is 12.8 Å². The molecule has 0 radical (unpaired) electrons. The maximum absolute atomic E-state index is 5.58. The Balaban J connectivity index is 2.28. The molecule has 78 valence electrons. The zero-order valence-corrected chi connectivity index (χ0v) is 8.99. The van der Waals surface area contributed by atoms with Crippen molar-refractivity contribution in [2.24, 2.45) is 11.7 Å². The average Bonchev–Trinajstić information content (AvgIpc) is 2.21. The zero-order valence-electron chi connectivity index (χ0n) is 8.99. The minimum atomic E-state index is 0.542. The third kappa shape index (κ3) is 3.79. The number of hydrogen-bond acceptors (Lipinski definition) is 2. The van der Waals surface area contributed by atoms with Gasteiger partial charge < -0.3 is 10.5 Å². The molecular weight excluding hydrogens is 174 g/mol. The van der Waals surface area contributed by atoms with Gasteiger partial charge in [-0.3, -0.25) is 0 Å². The van der Waals surface area contributed by atoms with Crippen LogP contribution >= 0.6 is 0 Å². The molecule has 2 heteroatoms. The van der Waals surface area contributed by atoms with Crippen LogP contribution in [0.5, 0.6) is 5.75 Å². The van der Waals surface area contributed by atoms with E-state index in [1.54, 1.807) is 0 Å². The van der Waals surface area contributed by atoms with Crippen molar-refractivity contribution < 1.29 is 4.74 Å². The third-order valence-corrected chi connectivity index (χ3v) is 2.30. The van der Waals surface area contributed by atoms with Gasteiger partial charge in [-0.25, -0.2) is 0 Å². The summed E-state index contributed by atoms with van der Waals surface area (Å²) in [6.07, 6.45) is 1.02. The van der Waals surface area contributed by atoms with Crippen molar-refractivity contribution in [2.45, 2.75) is 20.3 Å². The molecule has 2 N–H and O–H groups in total. The highest BCUT2D eigenvalue weighted by atomic mass is 16.5. The Morgan fingerprint density at radius 3 is 2.50 bits per heavy atom. The summed E-state index contributed by atoms with van der Waals surface area (Å²) in [4.78, 5) is 0. The lowest BCUT2D eigenvalue weighted by Crippen LogP contribution is -2.13. The summed E-state index contributed by atoms with van der Waals surface area (Å²) in [6, 6.07) is 8.12. The second-order valence-electron chi connectivity index (χ2n) is 3.79. The highest BCUT2D eigenvalue weighted by molar-refractivity contribution is 5.26. The van der Waals surface area contributed by atoms with Crippen LogP contribution in [0.1, 0.15) is 18.9 Å². The van der Waals surface area contributed by atoms with Crippen molar-refractivity contribution in [1.82, 2.24) is 0 Å². The van der Waals surface area contributed by atoms with Crippen molar-refractivity contribution >= 4 is 0 Å². The van der Waals surface area contributed by atoms with Crippen molar-refractivity contribution in [3.8, 4) is 5.75 Å². The molecule has 1 unspecified atom stereocenters. The van der Waals surface area contributed by atoms with E-state index < -0.39 is 0 Å². The van der Waals surface area contributed by atoms with Gasteiger partial charge in [-0.2, -0.15) is 0 Å². The topological polar surface area (TPSA) is 35.2 Å². The summed E-state index contributed by atoms with van der Waals surface area (Å²) in [6.45, 7) is 5.69. The Morgan fingerprint density at radius 1 is 1.29 bits per heavy atom. The van der Waals surface area contributed by atoms with E-state index in [1.165, 1.54) is 5.56 Å². The average molecular weight is 193 g/mol. The van der Waals surface area contributed by atoms with Crippen LogP contribution in [0.3, 0.4) is 0 Å². The molecule has 0 aliphatic heterocycles. The van der Waals surface area contributed by atoms with Crippen LogP contribution in [-0.4, -0.2) is 13.2 Å². The summed E-state index contributed by atoms with van der Waals surface area (Å²) in [5.74, 6) is 1.49. The molecule has 0 aliphatic carbocycles. The van der Waals surface area contributed by atoms with Gasteiger partial charge in [0.2, 0.25) is 0 Å². The first-order valence-corrected chi connectivity index (χ1v) is 5.12. The fourth-order valence-electron chi connectivity index (χ4n) is 1.13. The standard InChI is InChI=1S/C12H19NO/c1-10-3-5-12(6-4-10)14-8-7-11(2)9-13/h3-6,11H,7-9,13H2,1-2H3. The van der Waals surface area contributed by atoms with Gasteiger partial charge in [0.1, 0.15) is 5.75 Å². The van der Waals surface area contributed by atoms with Crippen LogP contribution < -0.4 is 10.5 Å². The second kappa shape index (κ2) is 5.66. The van der Waals surface area contributed by atoms with Gasteiger partial charge in [-0.1, -0.05) is 24.6 Å². The molecule has 0 aromatic heterocycles. The summed E-state index contributed by atoms with van der Waals surface area (Å²) in [5, 5.41) is 0. The van der Waals surface area contributed by atoms with Crippen molar-refractivity contribution in [3.63, 3.8) is 0 Å². The minimum absolute atomic E-state index is 0.542. The maximum atomic E-state index is 5.58. The summed E-state index contributed by atoms with van der Waals surface area (Å²) in [7, 11) is 0. The van der Waals surface area contributed by atoms with E-state index in [0.717, 1.165) is 25.3 Å². The number of nitrogens with two attached hydrogens (primary N) is 1. The number of aryl methyl sites for hydroxylation is 1. The van der Waals surface area contributed by atoms with Gasteiger partial charge in [0, 0.05) is 0 Å². The van der Waals surface area contributed by atoms with E-state index in [9.17, 15) is 0 Å². The van der Waals surface area contributed by atoms with Crippen molar-refractivity contribution in [3.05, 3.63) is 29.8 Å². The van der Waals surface area contributed by atoms with Crippen LogP contribution in [0.15, 0.2) is 24.3 Å². The highest BCUT2D eigenvalue weighted by Crippen LogP contribution is 2.12. The van der Waals surface area contributed by atoms with E-state index in [2.05, 4.69) is 26.0 Å². The fourth-order valence-corrected chi connectivity index (χ4v) is 1.13. The first kappa shape index (κ1) is 11.1. The van der Waals surface area contributed by atoms with Gasteiger partial charge in [0.25, 0.3) is 0 Å². The van der Waals surface area contributed by atoms with E-state index in [-0.39, 0.29) is 0 Å². The second-order valence-corrected chi connectivity index (χ2v) is 3.79. The molecular formula is C12H19NO. The molecule has 0 aliphatic rings. The molecule has 0 heterocycles. The molecule has 0 spiro atoms. The smallest absolute Gasteiger partial charge is 0.119 e. The number of hydrogen-bond donors (Lipinski definition) is 1. The van der Waals surface area contributed by atoms with Crippen LogP contribution in [-0.2, 0) is 0 Å². The molecule has 1 atom stereocenters. The van der Waals surface area contributed by atoms with Gasteiger partial charge in [-0.15, -0.1) is 0 Å². The van der Waals surface area contributed by atoms with Gasteiger partial charge in [0.05, 0.1) is 6.61 Å². The normalized spacial score (nSPS) is 12.5. The Labute approximate surface area is 86.1 Å². The minimum Gasteiger partial charge on any atom is -0.494 e. The van der Waals surface area contributed by atoms with Gasteiger partial charge >= 0.3 is 0 Å². The SMILES string of the molecule is Cc1ccc(OCCC(C)CN)cc1. The molecule has 0 amide bonds. The molecule has 1 aromatic carbocycles. The lowest BCUT2D eigenvalue weighted by Gasteiger charge is -2.09. The Bertz CT molecular complexity index is 256. The molecule has 0 saturated carbocycles. The van der Waals surface area contributed by atoms with Crippen molar-refractivity contribution in [2.75, 3.05) is 13.2 Å². The van der Waals surface area contributed by atoms with Gasteiger partial charge in [-0.05, 0) is 37.9 Å². The molecule has 14 heavy (non-hydrogen) atoms. The molecule has 0 fully saturated rings. The van der Waals surface area contributed by atoms with Crippen LogP contribution in [0.2, 0.25) is 0 Å². The summed E-state index contributed by atoms with van der Waals surface area (Å²) < 4.78 is 5.58. The number of rotatable bonds is 5. The summed E-state index contributed by atoms with van der Waals surface area (Å²) in [5.41, 5.74) is 6.77. The van der Waals surface area contributed by atoms with Crippen molar-refractivity contribution in [1.29, 1.82) is 0 Å². The molecule has 2 nitrogen and oxygen atoms in total. The highest BCUT2D eigenvalue weighted by Gasteiger charge is 1.99. The van der Waals surface area contributed by atoms with Crippen LogP contribution in [0.4, 0.5) is 0 Å². The lowest BCUT2D eigenvalue weighted by molar-refractivity contribution is 0.285. The zero-order chi connectivity index (χ0) is 10.4. The fraction of sp³-hybridized carbons (Fsp3) is 0.500. The summed E-state index contributed by atoms with van der Waals surface area (Å²) >= 11 is 0. The third-order valence-electron chi connectivity index (χ3n) is 2.30. The quantitative estimate of drug-likeness (QED) is 0.779. The molecule has 1 rings (SSSR count). The predicted octanol–water partition coefficient (Wildman–Crippen LogP) is 2.36. The Morgan fingerprint density at radius 2 is 1.93 bits per heavy atom. The molecule has 0 saturated heterocycles. The predicted molar refractivity (Wildman–Crippen MR) is 59.5 cm³/mol. The monoisotopic (exact) mass is 193 g/mol. The van der Waals surface area contributed by atoms with Crippen LogP contribution in [0.25, 0.3) is 0 Å². The van der Waals surface area contributed by atoms with E-state index in [0.29, 0.717) is 5.92 Å². The number of benzene rings is 1. The maximum Gasteiger partial charge on any atom is 0.119 e. The Kier molecular flexibility index (Phi) is 4.47.